The number of halogens is 1. The maximum atomic E-state index is 10.8. The van der Waals surface area contributed by atoms with Gasteiger partial charge in [0.1, 0.15) is 0 Å². The molecule has 1 N–H and O–H groups in total. The minimum Gasteiger partial charge on any atom is -0.381 e. The predicted molar refractivity (Wildman–Crippen MR) is 74.8 cm³/mol. The Hall–Kier alpha value is -0.750. The topological polar surface area (TPSA) is 55.2 Å². The molecule has 6 heteroatoms. The monoisotopic (exact) mass is 316 g/mol. The van der Waals surface area contributed by atoms with Gasteiger partial charge in [0.05, 0.1) is 9.40 Å². The highest BCUT2D eigenvalue weighted by Crippen LogP contribution is 2.29. The summed E-state index contributed by atoms with van der Waals surface area (Å²) in [5.74, 6) is 2.29. The third-order valence-electron chi connectivity index (χ3n) is 2.67. The molecule has 92 valence electrons. The minimum absolute atomic E-state index is 0.110. The summed E-state index contributed by atoms with van der Waals surface area (Å²) in [7, 11) is 0. The van der Waals surface area contributed by atoms with E-state index in [-0.39, 0.29) is 10.6 Å². The molecule has 17 heavy (non-hydrogen) atoms. The Morgan fingerprint density at radius 1 is 1.53 bits per heavy atom. The zero-order valence-electron chi connectivity index (χ0n) is 9.19. The van der Waals surface area contributed by atoms with Gasteiger partial charge in [0.15, 0.2) is 0 Å². The van der Waals surface area contributed by atoms with E-state index in [1.165, 1.54) is 12.2 Å². The Morgan fingerprint density at radius 3 is 3.00 bits per heavy atom. The van der Waals surface area contributed by atoms with Gasteiger partial charge in [-0.1, -0.05) is 0 Å². The number of rotatable bonds is 3. The minimum atomic E-state index is -0.370. The van der Waals surface area contributed by atoms with E-state index in [1.54, 1.807) is 12.1 Å². The van der Waals surface area contributed by atoms with Gasteiger partial charge in [-0.25, -0.2) is 0 Å². The maximum Gasteiger partial charge on any atom is 0.285 e. The van der Waals surface area contributed by atoms with Gasteiger partial charge in [-0.05, 0) is 46.7 Å². The van der Waals surface area contributed by atoms with Crippen molar-refractivity contribution in [1.29, 1.82) is 0 Å². The Balaban J connectivity index is 2.10. The molecule has 1 atom stereocenters. The van der Waals surface area contributed by atoms with E-state index in [2.05, 4.69) is 21.2 Å². The van der Waals surface area contributed by atoms with E-state index in [0.29, 0.717) is 10.5 Å². The summed E-state index contributed by atoms with van der Waals surface area (Å²) in [6.45, 7) is 0. The number of nitrogens with one attached hydrogen (secondary N) is 1. The number of nitro groups is 1. The molecule has 0 bridgehead atoms. The Kier molecular flexibility index (Phi) is 4.28. The van der Waals surface area contributed by atoms with Crippen molar-refractivity contribution in [2.24, 2.45) is 0 Å². The molecule has 1 aromatic carbocycles. The number of benzene rings is 1. The summed E-state index contributed by atoms with van der Waals surface area (Å²) in [5, 5.41) is 14.2. The molecule has 1 saturated heterocycles. The highest BCUT2D eigenvalue weighted by Gasteiger charge is 2.16. The number of thioether (sulfide) groups is 1. The SMILES string of the molecule is O=[N+]([O-])c1cc(NC2CCCSC2)ccc1Br. The molecule has 0 saturated carbocycles. The van der Waals surface area contributed by atoms with Gasteiger partial charge >= 0.3 is 0 Å². The van der Waals surface area contributed by atoms with Crippen LogP contribution in [0.4, 0.5) is 11.4 Å². The molecule has 1 fully saturated rings. The molecule has 4 nitrogen and oxygen atoms in total. The molecule has 0 spiro atoms. The first-order valence-corrected chi connectivity index (χ1v) is 7.40. The molecule has 0 aromatic heterocycles. The van der Waals surface area contributed by atoms with E-state index >= 15 is 0 Å². The number of hydrogen-bond donors (Lipinski definition) is 1. The lowest BCUT2D eigenvalue weighted by atomic mass is 10.1. The zero-order chi connectivity index (χ0) is 12.3. The Morgan fingerprint density at radius 2 is 2.35 bits per heavy atom. The molecular weight excluding hydrogens is 304 g/mol. The van der Waals surface area contributed by atoms with Gasteiger partial charge in [0, 0.05) is 23.5 Å². The van der Waals surface area contributed by atoms with Crippen molar-refractivity contribution in [2.75, 3.05) is 16.8 Å². The summed E-state index contributed by atoms with van der Waals surface area (Å²) in [6, 6.07) is 5.60. The van der Waals surface area contributed by atoms with Crippen molar-refractivity contribution >= 4 is 39.1 Å². The Bertz CT molecular complexity index is 422. The lowest BCUT2D eigenvalue weighted by molar-refractivity contribution is -0.385. The van der Waals surface area contributed by atoms with Crippen molar-refractivity contribution in [3.8, 4) is 0 Å². The van der Waals surface area contributed by atoms with Gasteiger partial charge in [-0.15, -0.1) is 0 Å². The van der Waals surface area contributed by atoms with Crippen LogP contribution in [0.2, 0.25) is 0 Å². The summed E-state index contributed by atoms with van der Waals surface area (Å²) >= 11 is 5.11. The average Bonchev–Trinajstić information content (AvgIpc) is 2.32. The van der Waals surface area contributed by atoms with Crippen LogP contribution in [0.15, 0.2) is 22.7 Å². The van der Waals surface area contributed by atoms with E-state index in [4.69, 9.17) is 0 Å². The third kappa shape index (κ3) is 3.35. The van der Waals surface area contributed by atoms with Crippen molar-refractivity contribution in [1.82, 2.24) is 0 Å². The number of anilines is 1. The van der Waals surface area contributed by atoms with Crippen molar-refractivity contribution in [2.45, 2.75) is 18.9 Å². The van der Waals surface area contributed by atoms with Crippen LogP contribution in [0, 0.1) is 10.1 Å². The molecule has 1 aromatic rings. The van der Waals surface area contributed by atoms with Gasteiger partial charge in [0.25, 0.3) is 5.69 Å². The molecule has 2 rings (SSSR count). The predicted octanol–water partition coefficient (Wildman–Crippen LogP) is 3.66. The van der Waals surface area contributed by atoms with Crippen LogP contribution in [-0.4, -0.2) is 22.5 Å². The third-order valence-corrected chi connectivity index (χ3v) is 4.56. The van der Waals surface area contributed by atoms with E-state index < -0.39 is 0 Å². The average molecular weight is 317 g/mol. The van der Waals surface area contributed by atoms with Gasteiger partial charge in [-0.3, -0.25) is 10.1 Å². The summed E-state index contributed by atoms with van der Waals surface area (Å²) in [4.78, 5) is 10.4. The fourth-order valence-electron chi connectivity index (χ4n) is 1.83. The second-order valence-electron chi connectivity index (χ2n) is 3.98. The fourth-order valence-corrected chi connectivity index (χ4v) is 3.30. The highest BCUT2D eigenvalue weighted by atomic mass is 79.9. The van der Waals surface area contributed by atoms with Crippen LogP contribution in [0.3, 0.4) is 0 Å². The van der Waals surface area contributed by atoms with Crippen molar-refractivity contribution in [3.63, 3.8) is 0 Å². The first-order valence-electron chi connectivity index (χ1n) is 5.45. The standard InChI is InChI=1S/C11H13BrN2O2S/c12-10-4-3-8(6-11(10)14(15)16)13-9-2-1-5-17-7-9/h3-4,6,9,13H,1-2,5,7H2. The van der Waals surface area contributed by atoms with Crippen LogP contribution in [-0.2, 0) is 0 Å². The van der Waals surface area contributed by atoms with Crippen LogP contribution in [0.1, 0.15) is 12.8 Å². The summed E-state index contributed by atoms with van der Waals surface area (Å²) in [6.07, 6.45) is 2.35. The quantitative estimate of drug-likeness (QED) is 0.683. The first kappa shape index (κ1) is 12.7. The van der Waals surface area contributed by atoms with Crippen LogP contribution >= 0.6 is 27.7 Å². The van der Waals surface area contributed by atoms with E-state index in [1.807, 2.05) is 17.8 Å². The maximum absolute atomic E-state index is 10.8. The fraction of sp³-hybridized carbons (Fsp3) is 0.455. The molecule has 1 aliphatic heterocycles. The van der Waals surface area contributed by atoms with Crippen LogP contribution in [0.25, 0.3) is 0 Å². The van der Waals surface area contributed by atoms with Crippen molar-refractivity contribution in [3.05, 3.63) is 32.8 Å². The van der Waals surface area contributed by atoms with Gasteiger partial charge in [-0.2, -0.15) is 11.8 Å². The van der Waals surface area contributed by atoms with E-state index in [0.717, 1.165) is 17.9 Å². The molecule has 0 aliphatic carbocycles. The van der Waals surface area contributed by atoms with E-state index in [9.17, 15) is 10.1 Å². The van der Waals surface area contributed by atoms with Gasteiger partial charge < -0.3 is 5.32 Å². The van der Waals surface area contributed by atoms with Crippen LogP contribution < -0.4 is 5.32 Å². The molecule has 1 heterocycles. The summed E-state index contributed by atoms with van der Waals surface area (Å²) < 4.78 is 0.520. The number of nitrogens with zero attached hydrogens (tertiary/aromatic N) is 1. The first-order chi connectivity index (χ1) is 8.16. The number of hydrogen-bond acceptors (Lipinski definition) is 4. The molecule has 0 amide bonds. The van der Waals surface area contributed by atoms with Gasteiger partial charge in [0.2, 0.25) is 0 Å². The smallest absolute Gasteiger partial charge is 0.285 e. The van der Waals surface area contributed by atoms with Crippen LogP contribution in [0.5, 0.6) is 0 Å². The normalized spacial score (nSPS) is 19.9. The molecular formula is C11H13BrN2O2S. The largest absolute Gasteiger partial charge is 0.381 e. The molecule has 1 unspecified atom stereocenters. The second-order valence-corrected chi connectivity index (χ2v) is 5.99. The molecule has 1 aliphatic rings. The molecule has 0 radical (unpaired) electrons. The lowest BCUT2D eigenvalue weighted by Crippen LogP contribution is -2.25. The van der Waals surface area contributed by atoms with Crippen molar-refractivity contribution < 1.29 is 4.92 Å². The summed E-state index contributed by atoms with van der Waals surface area (Å²) in [5.41, 5.74) is 0.936. The number of nitro benzene ring substituents is 1. The zero-order valence-corrected chi connectivity index (χ0v) is 11.6. The highest BCUT2D eigenvalue weighted by molar-refractivity contribution is 9.10. The second kappa shape index (κ2) is 5.73. The Labute approximate surface area is 112 Å². The lowest BCUT2D eigenvalue weighted by Gasteiger charge is -2.23.